The molecule has 0 unspecified atom stereocenters. The standard InChI is InChI=1S/C19H13FN4O2S/c20-13-8-6-12(7-9-13)16(25)11-27-19-22-17-15(10-21-23-17)18(26)24(19)14-4-2-1-3-5-14/h1-10H,11H2,(H,21,23). The number of aromatic nitrogens is 4. The van der Waals surface area contributed by atoms with Crippen LogP contribution in [0.1, 0.15) is 10.4 Å². The number of nitrogens with zero attached hydrogens (tertiary/aromatic N) is 3. The zero-order valence-corrected chi connectivity index (χ0v) is 14.7. The highest BCUT2D eigenvalue weighted by molar-refractivity contribution is 7.99. The van der Waals surface area contributed by atoms with Crippen LogP contribution in [0.3, 0.4) is 0 Å². The van der Waals surface area contributed by atoms with Gasteiger partial charge in [0.15, 0.2) is 16.6 Å². The van der Waals surface area contributed by atoms with Crippen molar-refractivity contribution in [3.8, 4) is 5.69 Å². The molecular weight excluding hydrogens is 367 g/mol. The molecule has 27 heavy (non-hydrogen) atoms. The Morgan fingerprint density at radius 2 is 1.85 bits per heavy atom. The fourth-order valence-electron chi connectivity index (χ4n) is 2.62. The molecule has 0 aliphatic rings. The number of carbonyl (C=O) groups is 1. The maximum absolute atomic E-state index is 13.0. The Hall–Kier alpha value is -3.26. The Labute approximate surface area is 157 Å². The van der Waals surface area contributed by atoms with Gasteiger partial charge in [-0.1, -0.05) is 30.0 Å². The number of rotatable bonds is 5. The van der Waals surface area contributed by atoms with Crippen molar-refractivity contribution in [3.63, 3.8) is 0 Å². The topological polar surface area (TPSA) is 80.6 Å². The van der Waals surface area contributed by atoms with Crippen LogP contribution in [0.2, 0.25) is 0 Å². The van der Waals surface area contributed by atoms with E-state index in [1.54, 1.807) is 12.1 Å². The fourth-order valence-corrected chi connectivity index (χ4v) is 3.52. The van der Waals surface area contributed by atoms with Gasteiger partial charge < -0.3 is 0 Å². The number of thioether (sulfide) groups is 1. The molecule has 0 amide bonds. The Kier molecular flexibility index (Phi) is 4.55. The number of benzene rings is 2. The zero-order chi connectivity index (χ0) is 18.8. The predicted octanol–water partition coefficient (Wildman–Crippen LogP) is 3.22. The second kappa shape index (κ2) is 7.16. The molecule has 0 fully saturated rings. The van der Waals surface area contributed by atoms with Crippen molar-refractivity contribution in [1.82, 2.24) is 19.7 Å². The molecular formula is C19H13FN4O2S. The smallest absolute Gasteiger partial charge is 0.269 e. The zero-order valence-electron chi connectivity index (χ0n) is 13.9. The van der Waals surface area contributed by atoms with Crippen molar-refractivity contribution >= 4 is 28.6 Å². The van der Waals surface area contributed by atoms with Crippen LogP contribution in [0, 0.1) is 5.82 Å². The lowest BCUT2D eigenvalue weighted by atomic mass is 10.1. The van der Waals surface area contributed by atoms with Gasteiger partial charge >= 0.3 is 0 Å². The lowest BCUT2D eigenvalue weighted by Crippen LogP contribution is -2.21. The van der Waals surface area contributed by atoms with Crippen LogP contribution in [-0.4, -0.2) is 31.3 Å². The normalized spacial score (nSPS) is 11.0. The van der Waals surface area contributed by atoms with Crippen LogP contribution < -0.4 is 5.56 Å². The van der Waals surface area contributed by atoms with Crippen LogP contribution in [0.15, 0.2) is 70.7 Å². The highest BCUT2D eigenvalue weighted by Gasteiger charge is 2.16. The minimum atomic E-state index is -0.400. The minimum absolute atomic E-state index is 0.0601. The molecule has 8 heteroatoms. The van der Waals surface area contributed by atoms with Gasteiger partial charge in [0.2, 0.25) is 0 Å². The molecule has 0 spiro atoms. The first kappa shape index (κ1) is 17.2. The lowest BCUT2D eigenvalue weighted by Gasteiger charge is -2.11. The van der Waals surface area contributed by atoms with Crippen LogP contribution in [0.4, 0.5) is 4.39 Å². The van der Waals surface area contributed by atoms with Crippen LogP contribution >= 0.6 is 11.8 Å². The summed E-state index contributed by atoms with van der Waals surface area (Å²) in [6.07, 6.45) is 1.43. The van der Waals surface area contributed by atoms with E-state index >= 15 is 0 Å². The molecule has 2 aromatic carbocycles. The average Bonchev–Trinajstić information content (AvgIpc) is 3.16. The molecule has 134 valence electrons. The van der Waals surface area contributed by atoms with Gasteiger partial charge in [0, 0.05) is 5.56 Å². The monoisotopic (exact) mass is 380 g/mol. The molecule has 2 aromatic heterocycles. The molecule has 4 rings (SSSR count). The van der Waals surface area contributed by atoms with Gasteiger partial charge in [0.1, 0.15) is 11.2 Å². The van der Waals surface area contributed by atoms with Gasteiger partial charge in [-0.25, -0.2) is 9.37 Å². The molecule has 0 bridgehead atoms. The molecule has 0 aliphatic heterocycles. The lowest BCUT2D eigenvalue weighted by molar-refractivity contribution is 0.102. The summed E-state index contributed by atoms with van der Waals surface area (Å²) in [6, 6.07) is 14.4. The highest BCUT2D eigenvalue weighted by Crippen LogP contribution is 2.21. The highest BCUT2D eigenvalue weighted by atomic mass is 32.2. The van der Waals surface area contributed by atoms with E-state index in [0.29, 0.717) is 27.4 Å². The van der Waals surface area contributed by atoms with Crippen molar-refractivity contribution in [2.24, 2.45) is 0 Å². The Morgan fingerprint density at radius 1 is 1.11 bits per heavy atom. The van der Waals surface area contributed by atoms with E-state index in [4.69, 9.17) is 0 Å². The number of aromatic amines is 1. The number of H-pyrrole nitrogens is 1. The summed E-state index contributed by atoms with van der Waals surface area (Å²) >= 11 is 1.14. The van der Waals surface area contributed by atoms with Crippen molar-refractivity contribution in [1.29, 1.82) is 0 Å². The summed E-state index contributed by atoms with van der Waals surface area (Å²) in [7, 11) is 0. The summed E-state index contributed by atoms with van der Waals surface area (Å²) in [6.45, 7) is 0. The van der Waals surface area contributed by atoms with Gasteiger partial charge in [0.05, 0.1) is 17.6 Å². The van der Waals surface area contributed by atoms with E-state index in [0.717, 1.165) is 11.8 Å². The molecule has 0 atom stereocenters. The van der Waals surface area contributed by atoms with E-state index < -0.39 is 5.82 Å². The first-order valence-corrected chi connectivity index (χ1v) is 9.05. The quantitative estimate of drug-likeness (QED) is 0.327. The van der Waals surface area contributed by atoms with Gasteiger partial charge in [0.25, 0.3) is 5.56 Å². The summed E-state index contributed by atoms with van der Waals surface area (Å²) in [4.78, 5) is 29.7. The number of nitrogens with one attached hydrogen (secondary N) is 1. The Balaban J connectivity index is 1.71. The molecule has 2 heterocycles. The first-order chi connectivity index (χ1) is 13.1. The second-order valence-electron chi connectivity index (χ2n) is 5.72. The number of ketones is 1. The van der Waals surface area contributed by atoms with Gasteiger partial charge in [-0.15, -0.1) is 0 Å². The fraction of sp³-hybridized carbons (Fsp3) is 0.0526. The van der Waals surface area contributed by atoms with Gasteiger partial charge in [-0.05, 0) is 36.4 Å². The summed E-state index contributed by atoms with van der Waals surface area (Å²) in [5.41, 5.74) is 1.15. The summed E-state index contributed by atoms with van der Waals surface area (Å²) in [5.74, 6) is -0.521. The minimum Gasteiger partial charge on any atom is -0.293 e. The van der Waals surface area contributed by atoms with Crippen molar-refractivity contribution in [2.45, 2.75) is 5.16 Å². The first-order valence-electron chi connectivity index (χ1n) is 8.06. The average molecular weight is 380 g/mol. The van der Waals surface area contributed by atoms with Crippen LogP contribution in [0.5, 0.6) is 0 Å². The van der Waals surface area contributed by atoms with E-state index in [9.17, 15) is 14.0 Å². The maximum Gasteiger partial charge on any atom is 0.269 e. The molecule has 0 aliphatic carbocycles. The SMILES string of the molecule is O=C(CSc1nc2[nH]ncc2c(=O)n1-c1ccccc1)c1ccc(F)cc1. The number of halogens is 1. The largest absolute Gasteiger partial charge is 0.293 e. The molecule has 0 saturated heterocycles. The number of hydrogen-bond acceptors (Lipinski definition) is 5. The van der Waals surface area contributed by atoms with Crippen LogP contribution in [-0.2, 0) is 0 Å². The number of carbonyl (C=O) groups excluding carboxylic acids is 1. The van der Waals surface area contributed by atoms with E-state index in [-0.39, 0.29) is 17.1 Å². The number of Topliss-reactive ketones (excluding diaryl/α,β-unsaturated/α-hetero) is 1. The maximum atomic E-state index is 13.0. The Bertz CT molecular complexity index is 1170. The molecule has 1 N–H and O–H groups in total. The van der Waals surface area contributed by atoms with Crippen molar-refractivity contribution in [2.75, 3.05) is 5.75 Å². The third kappa shape index (κ3) is 3.39. The number of hydrogen-bond donors (Lipinski definition) is 1. The Morgan fingerprint density at radius 3 is 2.59 bits per heavy atom. The summed E-state index contributed by atoms with van der Waals surface area (Å²) < 4.78 is 14.5. The van der Waals surface area contributed by atoms with Crippen molar-refractivity contribution < 1.29 is 9.18 Å². The second-order valence-corrected chi connectivity index (χ2v) is 6.66. The summed E-state index contributed by atoms with van der Waals surface area (Å²) in [5, 5.41) is 7.31. The molecule has 6 nitrogen and oxygen atoms in total. The van der Waals surface area contributed by atoms with E-state index in [1.807, 2.05) is 18.2 Å². The van der Waals surface area contributed by atoms with E-state index in [1.165, 1.54) is 35.0 Å². The predicted molar refractivity (Wildman–Crippen MR) is 101 cm³/mol. The molecule has 4 aromatic rings. The van der Waals surface area contributed by atoms with Gasteiger partial charge in [-0.3, -0.25) is 19.3 Å². The molecule has 0 saturated carbocycles. The third-order valence-electron chi connectivity index (χ3n) is 3.96. The van der Waals surface area contributed by atoms with Gasteiger partial charge in [-0.2, -0.15) is 5.10 Å². The number of fused-ring (bicyclic) bond motifs is 1. The number of para-hydroxylation sites is 1. The van der Waals surface area contributed by atoms with Crippen molar-refractivity contribution in [3.05, 3.63) is 82.5 Å². The molecule has 0 radical (unpaired) electrons. The van der Waals surface area contributed by atoms with Crippen LogP contribution in [0.25, 0.3) is 16.7 Å². The third-order valence-corrected chi connectivity index (χ3v) is 4.90. The van der Waals surface area contributed by atoms with E-state index in [2.05, 4.69) is 15.2 Å².